The van der Waals surface area contributed by atoms with Crippen molar-refractivity contribution in [1.29, 1.82) is 0 Å². The van der Waals surface area contributed by atoms with Gasteiger partial charge in [-0.15, -0.1) is 0 Å². The lowest BCUT2D eigenvalue weighted by atomic mass is 9.97. The van der Waals surface area contributed by atoms with E-state index < -0.39 is 60.6 Å². The van der Waals surface area contributed by atoms with E-state index in [1.165, 1.54) is 0 Å². The van der Waals surface area contributed by atoms with E-state index in [-0.39, 0.29) is 0 Å². The summed E-state index contributed by atoms with van der Waals surface area (Å²) in [5.74, 6) is -4.25. The molecule has 5 atom stereocenters. The molecule has 0 unspecified atom stereocenters. The molecule has 0 aromatic carbocycles. The van der Waals surface area contributed by atoms with Crippen molar-refractivity contribution in [1.82, 2.24) is 0 Å². The first-order valence-electron chi connectivity index (χ1n) is 7.49. The van der Waals surface area contributed by atoms with Gasteiger partial charge in [-0.1, -0.05) is 0 Å². The minimum atomic E-state index is -1.60. The Hall–Kier alpha value is -2.69. The maximum atomic E-state index is 12.0. The van der Waals surface area contributed by atoms with E-state index in [0.717, 1.165) is 34.8 Å². The summed E-state index contributed by atoms with van der Waals surface area (Å²) in [4.78, 5) is 57.7. The van der Waals surface area contributed by atoms with Crippen LogP contribution in [0, 0.1) is 0 Å². The zero-order valence-electron chi connectivity index (χ0n) is 14.9. The Balaban J connectivity index is 3.37. The minimum Gasteiger partial charge on any atom is -0.467 e. The molecule has 0 radical (unpaired) electrons. The zero-order chi connectivity index (χ0) is 20.0. The Labute approximate surface area is 148 Å². The maximum Gasteiger partial charge on any atom is 0.339 e. The van der Waals surface area contributed by atoms with Gasteiger partial charge in [0.25, 0.3) is 0 Å². The summed E-state index contributed by atoms with van der Waals surface area (Å²) in [5, 5.41) is 0. The van der Waals surface area contributed by atoms with E-state index in [1.54, 1.807) is 0 Å². The summed E-state index contributed by atoms with van der Waals surface area (Å²) < 4.78 is 30.0. The lowest BCUT2D eigenvalue weighted by molar-refractivity contribution is -0.294. The van der Waals surface area contributed by atoms with Crippen molar-refractivity contribution in [3.63, 3.8) is 0 Å². The first-order chi connectivity index (χ1) is 12.1. The summed E-state index contributed by atoms with van der Waals surface area (Å²) in [7, 11) is 1.05. The van der Waals surface area contributed by atoms with Gasteiger partial charge in [-0.25, -0.2) is 4.79 Å². The van der Waals surface area contributed by atoms with Crippen LogP contribution in [0.3, 0.4) is 0 Å². The standard InChI is InChI=1S/C15H20O11/c1-6(16)22-10-11(23-7(2)17)13(24-8(3)18)15(25-9(4)19)26-12(10)14(20)21-5/h10-13,15H,1-5H3/t10-,11-,12-,13+,15+/m1/s1. The van der Waals surface area contributed by atoms with Crippen LogP contribution in [-0.4, -0.2) is 67.7 Å². The summed E-state index contributed by atoms with van der Waals surface area (Å²) in [6, 6.07) is 0. The molecule has 11 nitrogen and oxygen atoms in total. The van der Waals surface area contributed by atoms with Gasteiger partial charge in [0.15, 0.2) is 18.3 Å². The Morgan fingerprint density at radius 3 is 1.50 bits per heavy atom. The molecule has 0 aromatic rings. The van der Waals surface area contributed by atoms with E-state index in [9.17, 15) is 24.0 Å². The minimum absolute atomic E-state index is 0.814. The average Bonchev–Trinajstić information content (AvgIpc) is 2.50. The monoisotopic (exact) mass is 376 g/mol. The Kier molecular flexibility index (Phi) is 7.50. The predicted molar refractivity (Wildman–Crippen MR) is 79.1 cm³/mol. The van der Waals surface area contributed by atoms with Crippen LogP contribution in [0.15, 0.2) is 0 Å². The molecule has 1 rings (SSSR count). The molecule has 0 aliphatic carbocycles. The molecule has 0 N–H and O–H groups in total. The zero-order valence-corrected chi connectivity index (χ0v) is 14.9. The van der Waals surface area contributed by atoms with Crippen LogP contribution >= 0.6 is 0 Å². The van der Waals surface area contributed by atoms with Gasteiger partial charge >= 0.3 is 29.8 Å². The number of rotatable bonds is 5. The van der Waals surface area contributed by atoms with Gasteiger partial charge in [-0.3, -0.25) is 19.2 Å². The summed E-state index contributed by atoms with van der Waals surface area (Å²) in [6.45, 7) is 4.22. The van der Waals surface area contributed by atoms with Crippen molar-refractivity contribution in [3.8, 4) is 0 Å². The highest BCUT2D eigenvalue weighted by Gasteiger charge is 2.56. The summed E-state index contributed by atoms with van der Waals surface area (Å²) >= 11 is 0. The normalized spacial score (nSPS) is 27.7. The molecular formula is C15H20O11. The Bertz CT molecular complexity index is 584. The fourth-order valence-corrected chi connectivity index (χ4v) is 2.34. The second-order valence-electron chi connectivity index (χ2n) is 5.28. The van der Waals surface area contributed by atoms with Gasteiger partial charge in [-0.05, 0) is 0 Å². The lowest BCUT2D eigenvalue weighted by Crippen LogP contribution is -2.64. The third kappa shape index (κ3) is 5.69. The number of carbonyl (C=O) groups excluding carboxylic acids is 5. The van der Waals surface area contributed by atoms with Crippen molar-refractivity contribution in [3.05, 3.63) is 0 Å². The van der Waals surface area contributed by atoms with Crippen molar-refractivity contribution in [2.75, 3.05) is 7.11 Å². The molecule has 1 fully saturated rings. The molecule has 1 saturated heterocycles. The molecule has 146 valence electrons. The van der Waals surface area contributed by atoms with Crippen LogP contribution in [0.25, 0.3) is 0 Å². The fourth-order valence-electron chi connectivity index (χ4n) is 2.34. The maximum absolute atomic E-state index is 12.0. The van der Waals surface area contributed by atoms with Crippen LogP contribution in [0.4, 0.5) is 0 Å². The van der Waals surface area contributed by atoms with Crippen LogP contribution in [0.5, 0.6) is 0 Å². The van der Waals surface area contributed by atoms with Crippen LogP contribution < -0.4 is 0 Å². The van der Waals surface area contributed by atoms with Gasteiger partial charge in [0.1, 0.15) is 0 Å². The number of hydrogen-bond acceptors (Lipinski definition) is 11. The number of esters is 5. The number of hydrogen-bond donors (Lipinski definition) is 0. The van der Waals surface area contributed by atoms with E-state index in [1.807, 2.05) is 0 Å². The molecule has 1 aliphatic rings. The highest BCUT2D eigenvalue weighted by Crippen LogP contribution is 2.30. The molecule has 0 spiro atoms. The molecule has 0 amide bonds. The largest absolute Gasteiger partial charge is 0.467 e. The Morgan fingerprint density at radius 2 is 1.08 bits per heavy atom. The van der Waals surface area contributed by atoms with E-state index >= 15 is 0 Å². The molecule has 1 aliphatic heterocycles. The summed E-state index contributed by atoms with van der Waals surface area (Å²) in [5.41, 5.74) is 0. The number of methoxy groups -OCH3 is 1. The first kappa shape index (κ1) is 21.4. The summed E-state index contributed by atoms with van der Waals surface area (Å²) in [6.07, 6.45) is -7.66. The molecule has 26 heavy (non-hydrogen) atoms. The second kappa shape index (κ2) is 9.13. The SMILES string of the molecule is COC(=O)[C@@H]1O[C@H](OC(C)=O)[C@@H](OC(C)=O)[C@H](OC(C)=O)[C@H]1OC(C)=O. The average molecular weight is 376 g/mol. The highest BCUT2D eigenvalue weighted by molar-refractivity contribution is 5.77. The van der Waals surface area contributed by atoms with Gasteiger partial charge in [0.05, 0.1) is 7.11 Å². The van der Waals surface area contributed by atoms with E-state index in [0.29, 0.717) is 0 Å². The van der Waals surface area contributed by atoms with Gasteiger partial charge < -0.3 is 28.4 Å². The molecule has 1 heterocycles. The topological polar surface area (TPSA) is 141 Å². The van der Waals surface area contributed by atoms with Crippen LogP contribution in [0.1, 0.15) is 27.7 Å². The predicted octanol–water partition coefficient (Wildman–Crippen LogP) is -0.757. The smallest absolute Gasteiger partial charge is 0.339 e. The highest BCUT2D eigenvalue weighted by atomic mass is 16.7. The molecule has 0 bridgehead atoms. The Morgan fingerprint density at radius 1 is 0.654 bits per heavy atom. The molecule has 0 aromatic heterocycles. The number of carbonyl (C=O) groups is 5. The molecular weight excluding hydrogens is 356 g/mol. The number of ether oxygens (including phenoxy) is 6. The van der Waals surface area contributed by atoms with Crippen molar-refractivity contribution in [2.24, 2.45) is 0 Å². The quantitative estimate of drug-likeness (QED) is 0.441. The third-order valence-corrected chi connectivity index (χ3v) is 3.12. The van der Waals surface area contributed by atoms with E-state index in [4.69, 9.17) is 23.7 Å². The van der Waals surface area contributed by atoms with Crippen LogP contribution in [-0.2, 0) is 52.4 Å². The van der Waals surface area contributed by atoms with Gasteiger partial charge in [-0.2, -0.15) is 0 Å². The lowest BCUT2D eigenvalue weighted by Gasteiger charge is -2.42. The van der Waals surface area contributed by atoms with Crippen molar-refractivity contribution < 1.29 is 52.4 Å². The molecule has 0 saturated carbocycles. The third-order valence-electron chi connectivity index (χ3n) is 3.12. The fraction of sp³-hybridized carbons (Fsp3) is 0.667. The van der Waals surface area contributed by atoms with Gasteiger partial charge in [0, 0.05) is 27.7 Å². The first-order valence-corrected chi connectivity index (χ1v) is 7.49. The molecule has 11 heteroatoms. The van der Waals surface area contributed by atoms with Gasteiger partial charge in [0.2, 0.25) is 12.4 Å². The second-order valence-corrected chi connectivity index (χ2v) is 5.28. The van der Waals surface area contributed by atoms with Crippen molar-refractivity contribution >= 4 is 29.8 Å². The van der Waals surface area contributed by atoms with E-state index in [2.05, 4.69) is 4.74 Å². The van der Waals surface area contributed by atoms with Crippen LogP contribution in [0.2, 0.25) is 0 Å². The van der Waals surface area contributed by atoms with Crippen molar-refractivity contribution in [2.45, 2.75) is 58.4 Å².